The first-order valence-electron chi connectivity index (χ1n) is 7.81. The number of benzene rings is 1. The van der Waals surface area contributed by atoms with E-state index in [1.807, 2.05) is 19.1 Å². The SMILES string of the molecule is Cc1ccc(S(=O)(=O)NCc2ccnc(N3CCCC3)c2)cc1. The van der Waals surface area contributed by atoms with Gasteiger partial charge in [-0.15, -0.1) is 0 Å². The highest BCUT2D eigenvalue weighted by Crippen LogP contribution is 2.19. The molecule has 1 saturated heterocycles. The van der Waals surface area contributed by atoms with Crippen molar-refractivity contribution in [1.82, 2.24) is 9.71 Å². The Morgan fingerprint density at radius 1 is 1.13 bits per heavy atom. The lowest BCUT2D eigenvalue weighted by Gasteiger charge is -2.17. The summed E-state index contributed by atoms with van der Waals surface area (Å²) >= 11 is 0. The maximum Gasteiger partial charge on any atom is 0.240 e. The molecule has 0 aliphatic carbocycles. The molecule has 0 spiro atoms. The maximum atomic E-state index is 12.3. The minimum absolute atomic E-state index is 0.263. The number of aromatic nitrogens is 1. The molecule has 122 valence electrons. The van der Waals surface area contributed by atoms with E-state index in [4.69, 9.17) is 0 Å². The van der Waals surface area contributed by atoms with Gasteiger partial charge >= 0.3 is 0 Å². The molecule has 0 atom stereocenters. The summed E-state index contributed by atoms with van der Waals surface area (Å²) in [6.45, 7) is 4.23. The van der Waals surface area contributed by atoms with Crippen LogP contribution < -0.4 is 9.62 Å². The van der Waals surface area contributed by atoms with Crippen molar-refractivity contribution in [2.45, 2.75) is 31.2 Å². The number of aryl methyl sites for hydroxylation is 1. The summed E-state index contributed by atoms with van der Waals surface area (Å²) in [5.41, 5.74) is 1.95. The first kappa shape index (κ1) is 16.0. The average Bonchev–Trinajstić information content (AvgIpc) is 3.08. The molecule has 1 N–H and O–H groups in total. The van der Waals surface area contributed by atoms with Gasteiger partial charge in [-0.1, -0.05) is 17.7 Å². The third-order valence-electron chi connectivity index (χ3n) is 4.04. The fourth-order valence-corrected chi connectivity index (χ4v) is 3.69. The molecule has 1 aliphatic heterocycles. The summed E-state index contributed by atoms with van der Waals surface area (Å²) in [5.74, 6) is 0.925. The Morgan fingerprint density at radius 3 is 2.52 bits per heavy atom. The quantitative estimate of drug-likeness (QED) is 0.914. The second-order valence-corrected chi connectivity index (χ2v) is 7.62. The summed E-state index contributed by atoms with van der Waals surface area (Å²) in [6, 6.07) is 10.7. The highest BCUT2D eigenvalue weighted by atomic mass is 32.2. The van der Waals surface area contributed by atoms with Crippen molar-refractivity contribution >= 4 is 15.8 Å². The zero-order valence-electron chi connectivity index (χ0n) is 13.2. The zero-order valence-corrected chi connectivity index (χ0v) is 14.0. The second-order valence-electron chi connectivity index (χ2n) is 5.85. The van der Waals surface area contributed by atoms with Gasteiger partial charge in [0.1, 0.15) is 5.82 Å². The van der Waals surface area contributed by atoms with Gasteiger partial charge in [0.15, 0.2) is 0 Å². The van der Waals surface area contributed by atoms with Crippen molar-refractivity contribution < 1.29 is 8.42 Å². The van der Waals surface area contributed by atoms with Crippen LogP contribution in [-0.2, 0) is 16.6 Å². The summed E-state index contributed by atoms with van der Waals surface area (Å²) in [4.78, 5) is 6.91. The summed E-state index contributed by atoms with van der Waals surface area (Å²) in [7, 11) is -3.49. The van der Waals surface area contributed by atoms with Gasteiger partial charge in [0, 0.05) is 25.8 Å². The van der Waals surface area contributed by atoms with Crippen LogP contribution in [0.1, 0.15) is 24.0 Å². The molecule has 0 amide bonds. The molecule has 1 aliphatic rings. The Balaban J connectivity index is 1.70. The van der Waals surface area contributed by atoms with E-state index in [1.54, 1.807) is 30.5 Å². The van der Waals surface area contributed by atoms with Gasteiger partial charge in [-0.2, -0.15) is 0 Å². The van der Waals surface area contributed by atoms with E-state index in [9.17, 15) is 8.42 Å². The van der Waals surface area contributed by atoms with Gasteiger partial charge in [-0.3, -0.25) is 0 Å². The monoisotopic (exact) mass is 331 g/mol. The van der Waals surface area contributed by atoms with Crippen LogP contribution in [0.4, 0.5) is 5.82 Å². The van der Waals surface area contributed by atoms with Crippen LogP contribution in [0.15, 0.2) is 47.5 Å². The second kappa shape index (κ2) is 6.68. The van der Waals surface area contributed by atoms with Crippen molar-refractivity contribution in [2.75, 3.05) is 18.0 Å². The molecule has 0 unspecified atom stereocenters. The Bertz CT molecular complexity index is 767. The third-order valence-corrected chi connectivity index (χ3v) is 5.45. The lowest BCUT2D eigenvalue weighted by Crippen LogP contribution is -2.24. The summed E-state index contributed by atoms with van der Waals surface area (Å²) < 4.78 is 27.3. The molecule has 3 rings (SSSR count). The van der Waals surface area contributed by atoms with E-state index in [0.717, 1.165) is 30.0 Å². The van der Waals surface area contributed by atoms with E-state index < -0.39 is 10.0 Å². The van der Waals surface area contributed by atoms with Crippen molar-refractivity contribution in [2.24, 2.45) is 0 Å². The van der Waals surface area contributed by atoms with E-state index in [-0.39, 0.29) is 11.4 Å². The molecule has 6 heteroatoms. The number of hydrogen-bond acceptors (Lipinski definition) is 4. The minimum Gasteiger partial charge on any atom is -0.357 e. The Hall–Kier alpha value is -1.92. The van der Waals surface area contributed by atoms with Crippen molar-refractivity contribution in [1.29, 1.82) is 0 Å². The van der Waals surface area contributed by atoms with Gasteiger partial charge in [-0.05, 0) is 49.6 Å². The van der Waals surface area contributed by atoms with Crippen LogP contribution in [0.2, 0.25) is 0 Å². The molecule has 0 radical (unpaired) electrons. The Morgan fingerprint density at radius 2 is 1.83 bits per heavy atom. The van der Waals surface area contributed by atoms with E-state index in [2.05, 4.69) is 14.6 Å². The van der Waals surface area contributed by atoms with Crippen molar-refractivity contribution in [3.8, 4) is 0 Å². The Kier molecular flexibility index (Phi) is 4.63. The predicted molar refractivity (Wildman–Crippen MR) is 90.9 cm³/mol. The smallest absolute Gasteiger partial charge is 0.240 e. The molecule has 1 aromatic heterocycles. The Labute approximate surface area is 137 Å². The standard InChI is InChI=1S/C17H21N3O2S/c1-14-4-6-16(7-5-14)23(21,22)19-13-15-8-9-18-17(12-15)20-10-2-3-11-20/h4-9,12,19H,2-3,10-11,13H2,1H3. The van der Waals surface area contributed by atoms with Gasteiger partial charge in [0.2, 0.25) is 10.0 Å². The normalized spacial score (nSPS) is 15.1. The molecular formula is C17H21N3O2S. The molecule has 2 aromatic rings. The van der Waals surface area contributed by atoms with Gasteiger partial charge in [0.25, 0.3) is 0 Å². The molecule has 2 heterocycles. The maximum absolute atomic E-state index is 12.3. The highest BCUT2D eigenvalue weighted by molar-refractivity contribution is 7.89. The number of anilines is 1. The lowest BCUT2D eigenvalue weighted by molar-refractivity contribution is 0.581. The predicted octanol–water partition coefficient (Wildman–Crippen LogP) is 2.47. The molecule has 1 fully saturated rings. The first-order valence-corrected chi connectivity index (χ1v) is 9.29. The number of hydrogen-bond donors (Lipinski definition) is 1. The van der Waals surface area contributed by atoms with Crippen LogP contribution >= 0.6 is 0 Å². The lowest BCUT2D eigenvalue weighted by atomic mass is 10.2. The molecule has 5 nitrogen and oxygen atoms in total. The summed E-state index contributed by atoms with van der Waals surface area (Å²) in [6.07, 6.45) is 4.11. The molecule has 0 saturated carbocycles. The van der Waals surface area contributed by atoms with Crippen molar-refractivity contribution in [3.63, 3.8) is 0 Å². The van der Waals surface area contributed by atoms with Gasteiger partial charge < -0.3 is 4.90 Å². The first-order chi connectivity index (χ1) is 11.0. The highest BCUT2D eigenvalue weighted by Gasteiger charge is 2.15. The van der Waals surface area contributed by atoms with E-state index in [1.165, 1.54) is 12.8 Å². The van der Waals surface area contributed by atoms with Crippen LogP contribution in [0.5, 0.6) is 0 Å². The average molecular weight is 331 g/mol. The summed E-state index contributed by atoms with van der Waals surface area (Å²) in [5, 5.41) is 0. The van der Waals surface area contributed by atoms with Crippen LogP contribution in [0.3, 0.4) is 0 Å². The fraction of sp³-hybridized carbons (Fsp3) is 0.353. The number of pyridine rings is 1. The number of rotatable bonds is 5. The minimum atomic E-state index is -3.49. The molecular weight excluding hydrogens is 310 g/mol. The third kappa shape index (κ3) is 3.89. The molecule has 23 heavy (non-hydrogen) atoms. The van der Waals surface area contributed by atoms with Crippen LogP contribution in [0.25, 0.3) is 0 Å². The van der Waals surface area contributed by atoms with Gasteiger partial charge in [0.05, 0.1) is 4.90 Å². The zero-order chi connectivity index (χ0) is 16.3. The van der Waals surface area contributed by atoms with E-state index >= 15 is 0 Å². The van der Waals surface area contributed by atoms with Gasteiger partial charge in [-0.25, -0.2) is 18.1 Å². The molecule has 0 bridgehead atoms. The van der Waals surface area contributed by atoms with Crippen molar-refractivity contribution in [3.05, 3.63) is 53.7 Å². The number of nitrogens with zero attached hydrogens (tertiary/aromatic N) is 2. The fourth-order valence-electron chi connectivity index (χ4n) is 2.67. The van der Waals surface area contributed by atoms with Crippen LogP contribution in [-0.4, -0.2) is 26.5 Å². The molecule has 1 aromatic carbocycles. The largest absolute Gasteiger partial charge is 0.357 e. The number of sulfonamides is 1. The van der Waals surface area contributed by atoms with Crippen LogP contribution in [0, 0.1) is 6.92 Å². The number of nitrogens with one attached hydrogen (secondary N) is 1. The van der Waals surface area contributed by atoms with E-state index in [0.29, 0.717) is 0 Å². The topological polar surface area (TPSA) is 62.3 Å².